The van der Waals surface area contributed by atoms with Crippen LogP contribution in [0.15, 0.2) is 60.8 Å². The molecule has 0 unspecified atom stereocenters. The van der Waals surface area contributed by atoms with Gasteiger partial charge in [0.25, 0.3) is 5.91 Å². The average molecular weight is 324 g/mol. The normalized spacial score (nSPS) is 10.3. The molecule has 1 aromatic heterocycles. The maximum absolute atomic E-state index is 12.2. The van der Waals surface area contributed by atoms with Crippen molar-refractivity contribution in [3.8, 4) is 0 Å². The van der Waals surface area contributed by atoms with Crippen LogP contribution in [0.5, 0.6) is 0 Å². The standard InChI is InChI=1S/C17H16N4OS/c18-14-8-4-5-9-15(14)21-16(22)17-20-11-13(23-17)10-19-12-6-2-1-3-7-12/h1-9,11,19H,10,18H2,(H,21,22). The summed E-state index contributed by atoms with van der Waals surface area (Å²) in [5, 5.41) is 6.48. The highest BCUT2D eigenvalue weighted by atomic mass is 32.1. The van der Waals surface area contributed by atoms with Gasteiger partial charge in [0, 0.05) is 16.8 Å². The van der Waals surface area contributed by atoms with Crippen LogP contribution in [0.1, 0.15) is 14.7 Å². The van der Waals surface area contributed by atoms with Crippen molar-refractivity contribution in [2.24, 2.45) is 0 Å². The SMILES string of the molecule is Nc1ccccc1NC(=O)c1ncc(CNc2ccccc2)s1. The molecule has 0 aliphatic carbocycles. The molecule has 0 bridgehead atoms. The number of carbonyl (C=O) groups is 1. The number of thiazole rings is 1. The molecule has 0 aliphatic heterocycles. The van der Waals surface area contributed by atoms with Crippen LogP contribution < -0.4 is 16.4 Å². The Kier molecular flexibility index (Phi) is 4.54. The van der Waals surface area contributed by atoms with Gasteiger partial charge in [-0.15, -0.1) is 11.3 Å². The van der Waals surface area contributed by atoms with Crippen LogP contribution in [0.4, 0.5) is 17.1 Å². The number of nitrogens with one attached hydrogen (secondary N) is 2. The van der Waals surface area contributed by atoms with E-state index in [4.69, 9.17) is 5.73 Å². The molecule has 0 saturated heterocycles. The van der Waals surface area contributed by atoms with E-state index in [1.807, 2.05) is 42.5 Å². The Morgan fingerprint density at radius 3 is 2.61 bits per heavy atom. The number of aromatic nitrogens is 1. The Morgan fingerprint density at radius 2 is 1.83 bits per heavy atom. The topological polar surface area (TPSA) is 80.0 Å². The quantitative estimate of drug-likeness (QED) is 0.627. The van der Waals surface area contributed by atoms with Gasteiger partial charge in [-0.2, -0.15) is 0 Å². The van der Waals surface area contributed by atoms with E-state index in [0.29, 0.717) is 22.9 Å². The average Bonchev–Trinajstić information content (AvgIpc) is 3.05. The summed E-state index contributed by atoms with van der Waals surface area (Å²) < 4.78 is 0. The summed E-state index contributed by atoms with van der Waals surface area (Å²) in [6.07, 6.45) is 1.71. The second-order valence-electron chi connectivity index (χ2n) is 4.89. The van der Waals surface area contributed by atoms with Gasteiger partial charge in [0.1, 0.15) is 0 Å². The van der Waals surface area contributed by atoms with Crippen molar-refractivity contribution >= 4 is 34.3 Å². The third-order valence-electron chi connectivity index (χ3n) is 3.20. The van der Waals surface area contributed by atoms with Gasteiger partial charge in [0.05, 0.1) is 17.9 Å². The van der Waals surface area contributed by atoms with Crippen LogP contribution in [-0.2, 0) is 6.54 Å². The van der Waals surface area contributed by atoms with E-state index in [1.165, 1.54) is 11.3 Å². The van der Waals surface area contributed by atoms with Crippen LogP contribution in [-0.4, -0.2) is 10.9 Å². The number of rotatable bonds is 5. The lowest BCUT2D eigenvalue weighted by molar-refractivity contribution is 0.102. The molecule has 3 aromatic rings. The monoisotopic (exact) mass is 324 g/mol. The minimum absolute atomic E-state index is 0.251. The Balaban J connectivity index is 1.62. The first-order valence-electron chi connectivity index (χ1n) is 7.12. The maximum atomic E-state index is 12.2. The fourth-order valence-electron chi connectivity index (χ4n) is 2.03. The van der Waals surface area contributed by atoms with Gasteiger partial charge in [-0.25, -0.2) is 4.98 Å². The first-order chi connectivity index (χ1) is 11.2. The molecule has 0 spiro atoms. The number of carbonyl (C=O) groups excluding carboxylic acids is 1. The molecule has 116 valence electrons. The molecule has 23 heavy (non-hydrogen) atoms. The summed E-state index contributed by atoms with van der Waals surface area (Å²) in [4.78, 5) is 17.4. The van der Waals surface area contributed by atoms with Gasteiger partial charge in [-0.05, 0) is 24.3 Å². The van der Waals surface area contributed by atoms with Crippen molar-refractivity contribution in [1.29, 1.82) is 0 Å². The van der Waals surface area contributed by atoms with E-state index in [0.717, 1.165) is 10.6 Å². The zero-order valence-electron chi connectivity index (χ0n) is 12.3. The van der Waals surface area contributed by atoms with E-state index >= 15 is 0 Å². The predicted molar refractivity (Wildman–Crippen MR) is 94.7 cm³/mol. The highest BCUT2D eigenvalue weighted by molar-refractivity contribution is 7.13. The van der Waals surface area contributed by atoms with Gasteiger partial charge < -0.3 is 16.4 Å². The summed E-state index contributed by atoms with van der Waals surface area (Å²) in [6, 6.07) is 17.0. The summed E-state index contributed by atoms with van der Waals surface area (Å²) in [5.74, 6) is -0.251. The fraction of sp³-hybridized carbons (Fsp3) is 0.0588. The molecule has 2 aromatic carbocycles. The smallest absolute Gasteiger partial charge is 0.284 e. The van der Waals surface area contributed by atoms with Crippen LogP contribution in [0, 0.1) is 0 Å². The number of nitrogen functional groups attached to an aromatic ring is 1. The predicted octanol–water partition coefficient (Wildman–Crippen LogP) is 3.59. The third-order valence-corrected chi connectivity index (χ3v) is 4.19. The van der Waals surface area contributed by atoms with Gasteiger partial charge >= 0.3 is 0 Å². The third kappa shape index (κ3) is 3.87. The first kappa shape index (κ1) is 15.1. The zero-order chi connectivity index (χ0) is 16.1. The van der Waals surface area contributed by atoms with Gasteiger partial charge in [-0.3, -0.25) is 4.79 Å². The van der Waals surface area contributed by atoms with Crippen molar-refractivity contribution in [3.05, 3.63) is 70.7 Å². The van der Waals surface area contributed by atoms with Crippen LogP contribution >= 0.6 is 11.3 Å². The molecule has 6 heteroatoms. The van der Waals surface area contributed by atoms with Crippen molar-refractivity contribution in [1.82, 2.24) is 4.98 Å². The number of benzene rings is 2. The largest absolute Gasteiger partial charge is 0.397 e. The number of nitrogens with two attached hydrogens (primary N) is 1. The van der Waals surface area contributed by atoms with E-state index in [2.05, 4.69) is 15.6 Å². The number of para-hydroxylation sites is 3. The lowest BCUT2D eigenvalue weighted by Crippen LogP contribution is -2.12. The number of anilines is 3. The minimum Gasteiger partial charge on any atom is -0.397 e. The van der Waals surface area contributed by atoms with E-state index in [1.54, 1.807) is 18.3 Å². The Bertz CT molecular complexity index is 801. The maximum Gasteiger partial charge on any atom is 0.284 e. The van der Waals surface area contributed by atoms with Crippen LogP contribution in [0.3, 0.4) is 0 Å². The molecule has 5 nitrogen and oxygen atoms in total. The van der Waals surface area contributed by atoms with Gasteiger partial charge in [0.2, 0.25) is 0 Å². The molecular formula is C17H16N4OS. The molecular weight excluding hydrogens is 308 g/mol. The van der Waals surface area contributed by atoms with Crippen LogP contribution in [0.25, 0.3) is 0 Å². The first-order valence-corrected chi connectivity index (χ1v) is 7.93. The second kappa shape index (κ2) is 6.93. The number of hydrogen-bond donors (Lipinski definition) is 3. The van der Waals surface area contributed by atoms with Gasteiger partial charge in [0.15, 0.2) is 5.01 Å². The molecule has 0 atom stereocenters. The lowest BCUT2D eigenvalue weighted by atomic mass is 10.3. The summed E-state index contributed by atoms with van der Waals surface area (Å²) >= 11 is 1.36. The summed E-state index contributed by atoms with van der Waals surface area (Å²) in [6.45, 7) is 0.627. The molecule has 3 rings (SSSR count). The molecule has 0 aliphatic rings. The van der Waals surface area contributed by atoms with E-state index in [9.17, 15) is 4.79 Å². The molecule has 4 N–H and O–H groups in total. The van der Waals surface area contributed by atoms with Crippen molar-refractivity contribution in [2.45, 2.75) is 6.54 Å². The van der Waals surface area contributed by atoms with Gasteiger partial charge in [-0.1, -0.05) is 30.3 Å². The number of amides is 1. The molecule has 1 heterocycles. The summed E-state index contributed by atoms with van der Waals surface area (Å²) in [5.41, 5.74) is 7.98. The van der Waals surface area contributed by atoms with Crippen molar-refractivity contribution < 1.29 is 4.79 Å². The van der Waals surface area contributed by atoms with Crippen molar-refractivity contribution in [2.75, 3.05) is 16.4 Å². The number of hydrogen-bond acceptors (Lipinski definition) is 5. The number of nitrogens with zero attached hydrogens (tertiary/aromatic N) is 1. The Hall–Kier alpha value is -2.86. The zero-order valence-corrected chi connectivity index (χ0v) is 13.1. The summed E-state index contributed by atoms with van der Waals surface area (Å²) in [7, 11) is 0. The Morgan fingerprint density at radius 1 is 1.09 bits per heavy atom. The molecule has 0 saturated carbocycles. The Labute approximate surface area is 138 Å². The molecule has 0 fully saturated rings. The second-order valence-corrected chi connectivity index (χ2v) is 6.01. The van der Waals surface area contributed by atoms with E-state index < -0.39 is 0 Å². The van der Waals surface area contributed by atoms with Crippen molar-refractivity contribution in [3.63, 3.8) is 0 Å². The lowest BCUT2D eigenvalue weighted by Gasteiger charge is -2.05. The minimum atomic E-state index is -0.251. The highest BCUT2D eigenvalue weighted by Crippen LogP contribution is 2.20. The molecule has 1 amide bonds. The van der Waals surface area contributed by atoms with Crippen LogP contribution in [0.2, 0.25) is 0 Å². The molecule has 0 radical (unpaired) electrons. The fourth-order valence-corrected chi connectivity index (χ4v) is 2.77. The highest BCUT2D eigenvalue weighted by Gasteiger charge is 2.12. The van der Waals surface area contributed by atoms with E-state index in [-0.39, 0.29) is 5.91 Å².